The van der Waals surface area contributed by atoms with Crippen LogP contribution in [0.3, 0.4) is 0 Å². The summed E-state index contributed by atoms with van der Waals surface area (Å²) in [5.41, 5.74) is 1.21. The van der Waals surface area contributed by atoms with Crippen LogP contribution >= 0.6 is 0 Å². The van der Waals surface area contributed by atoms with E-state index < -0.39 is 6.10 Å². The lowest BCUT2D eigenvalue weighted by Crippen LogP contribution is -2.39. The Morgan fingerprint density at radius 2 is 2.03 bits per heavy atom. The van der Waals surface area contributed by atoms with Gasteiger partial charge in [0.2, 0.25) is 0 Å². The van der Waals surface area contributed by atoms with Gasteiger partial charge in [-0.05, 0) is 50.1 Å². The highest BCUT2D eigenvalue weighted by Crippen LogP contribution is 2.17. The van der Waals surface area contributed by atoms with Gasteiger partial charge in [0.1, 0.15) is 24.3 Å². The number of hydrogen-bond acceptors (Lipinski definition) is 5. The molecule has 1 N–H and O–H groups in total. The standard InChI is InChI=1S/C23H28FNO4/c1-17(26)18-8-10-21(11-9-18)29-16-20(27)14-25(15-22-6-4-12-28-22)13-19-5-2-3-7-23(19)24/h2-3,5,7-11,20,22,27H,4,6,12-16H2,1H3. The van der Waals surface area contributed by atoms with Crippen LogP contribution < -0.4 is 4.74 Å². The molecule has 0 amide bonds. The zero-order chi connectivity index (χ0) is 20.6. The average Bonchev–Trinajstić information content (AvgIpc) is 3.21. The summed E-state index contributed by atoms with van der Waals surface area (Å²) in [6.45, 7) is 3.76. The third kappa shape index (κ3) is 6.63. The van der Waals surface area contributed by atoms with Crippen LogP contribution in [0.4, 0.5) is 4.39 Å². The molecule has 29 heavy (non-hydrogen) atoms. The van der Waals surface area contributed by atoms with E-state index in [-0.39, 0.29) is 24.3 Å². The number of nitrogens with zero attached hydrogens (tertiary/aromatic N) is 1. The number of Topliss-reactive ketones (excluding diaryl/α,β-unsaturated/α-hetero) is 1. The van der Waals surface area contributed by atoms with Gasteiger partial charge in [-0.15, -0.1) is 0 Å². The van der Waals surface area contributed by atoms with Gasteiger partial charge in [-0.3, -0.25) is 9.69 Å². The fourth-order valence-corrected chi connectivity index (χ4v) is 3.48. The fraction of sp³-hybridized carbons (Fsp3) is 0.435. The zero-order valence-corrected chi connectivity index (χ0v) is 16.7. The molecule has 3 rings (SSSR count). The molecule has 0 aliphatic carbocycles. The Bertz CT molecular complexity index is 790. The summed E-state index contributed by atoms with van der Waals surface area (Å²) in [4.78, 5) is 13.4. The molecule has 2 atom stereocenters. The van der Waals surface area contributed by atoms with Gasteiger partial charge in [-0.2, -0.15) is 0 Å². The molecule has 156 valence electrons. The highest BCUT2D eigenvalue weighted by molar-refractivity contribution is 5.94. The lowest BCUT2D eigenvalue weighted by atomic mass is 10.1. The largest absolute Gasteiger partial charge is 0.491 e. The number of benzene rings is 2. The summed E-state index contributed by atoms with van der Waals surface area (Å²) in [6.07, 6.45) is 1.37. The van der Waals surface area contributed by atoms with E-state index in [0.29, 0.717) is 36.5 Å². The first-order valence-corrected chi connectivity index (χ1v) is 10.0. The Morgan fingerprint density at radius 1 is 1.28 bits per heavy atom. The van der Waals surface area contributed by atoms with Crippen molar-refractivity contribution >= 4 is 5.78 Å². The lowest BCUT2D eigenvalue weighted by Gasteiger charge is -2.27. The molecule has 6 heteroatoms. The first kappa shape index (κ1) is 21.4. The van der Waals surface area contributed by atoms with Gasteiger partial charge in [-0.25, -0.2) is 4.39 Å². The molecule has 1 aliphatic heterocycles. The number of ketones is 1. The van der Waals surface area contributed by atoms with Gasteiger partial charge in [0, 0.05) is 37.4 Å². The van der Waals surface area contributed by atoms with Gasteiger partial charge in [0.25, 0.3) is 0 Å². The van der Waals surface area contributed by atoms with Gasteiger partial charge >= 0.3 is 0 Å². The van der Waals surface area contributed by atoms with Crippen LogP contribution in [0.15, 0.2) is 48.5 Å². The number of aliphatic hydroxyl groups is 1. The second kappa shape index (κ2) is 10.5. The van der Waals surface area contributed by atoms with Crippen molar-refractivity contribution < 1.29 is 23.8 Å². The molecule has 0 aromatic heterocycles. The number of halogens is 1. The predicted molar refractivity (Wildman–Crippen MR) is 109 cm³/mol. The topological polar surface area (TPSA) is 59.0 Å². The first-order valence-electron chi connectivity index (χ1n) is 10.0. The van der Waals surface area contributed by atoms with Crippen molar-refractivity contribution in [3.8, 4) is 5.75 Å². The molecule has 1 heterocycles. The zero-order valence-electron chi connectivity index (χ0n) is 16.7. The van der Waals surface area contributed by atoms with Crippen molar-refractivity contribution in [2.45, 2.75) is 38.5 Å². The molecule has 5 nitrogen and oxygen atoms in total. The number of rotatable bonds is 10. The molecule has 0 saturated carbocycles. The number of carbonyl (C=O) groups excluding carboxylic acids is 1. The number of aliphatic hydroxyl groups excluding tert-OH is 1. The normalized spacial score (nSPS) is 17.4. The predicted octanol–water partition coefficient (Wildman–Crippen LogP) is 3.45. The highest BCUT2D eigenvalue weighted by Gasteiger charge is 2.22. The summed E-state index contributed by atoms with van der Waals surface area (Å²) in [5, 5.41) is 10.5. The minimum atomic E-state index is -0.740. The highest BCUT2D eigenvalue weighted by atomic mass is 19.1. The van der Waals surface area contributed by atoms with Gasteiger partial charge < -0.3 is 14.6 Å². The number of hydrogen-bond donors (Lipinski definition) is 1. The number of carbonyl (C=O) groups is 1. The summed E-state index contributed by atoms with van der Waals surface area (Å²) in [5.74, 6) is 0.337. The fourth-order valence-electron chi connectivity index (χ4n) is 3.48. The molecule has 2 aromatic carbocycles. The monoisotopic (exact) mass is 401 g/mol. The summed E-state index contributed by atoms with van der Waals surface area (Å²) in [7, 11) is 0. The first-order chi connectivity index (χ1) is 14.0. The molecule has 1 fully saturated rings. The smallest absolute Gasteiger partial charge is 0.159 e. The summed E-state index contributed by atoms with van der Waals surface area (Å²) >= 11 is 0. The minimum absolute atomic E-state index is 0.00509. The van der Waals surface area contributed by atoms with Crippen LogP contribution in [0.25, 0.3) is 0 Å². The van der Waals surface area contributed by atoms with Crippen LogP contribution in [-0.4, -0.2) is 54.3 Å². The van der Waals surface area contributed by atoms with Crippen molar-refractivity contribution in [3.05, 3.63) is 65.5 Å². The Balaban J connectivity index is 1.56. The van der Waals surface area contributed by atoms with E-state index in [0.717, 1.165) is 19.4 Å². The van der Waals surface area contributed by atoms with E-state index in [9.17, 15) is 14.3 Å². The third-order valence-corrected chi connectivity index (χ3v) is 5.01. The molecule has 0 spiro atoms. The van der Waals surface area contributed by atoms with E-state index in [4.69, 9.17) is 9.47 Å². The Morgan fingerprint density at radius 3 is 2.69 bits per heavy atom. The second-order valence-electron chi connectivity index (χ2n) is 7.47. The van der Waals surface area contributed by atoms with E-state index in [1.54, 1.807) is 36.4 Å². The molecule has 1 saturated heterocycles. The molecular weight excluding hydrogens is 373 g/mol. The number of ether oxygens (including phenoxy) is 2. The van der Waals surface area contributed by atoms with Gasteiger partial charge in [0.15, 0.2) is 5.78 Å². The summed E-state index contributed by atoms with van der Waals surface area (Å²) < 4.78 is 25.5. The van der Waals surface area contributed by atoms with Crippen LogP contribution in [0.2, 0.25) is 0 Å². The van der Waals surface area contributed by atoms with Crippen LogP contribution in [0.5, 0.6) is 5.75 Å². The Labute approximate surface area is 171 Å². The average molecular weight is 401 g/mol. The molecule has 0 radical (unpaired) electrons. The van der Waals surface area contributed by atoms with Crippen LogP contribution in [-0.2, 0) is 11.3 Å². The minimum Gasteiger partial charge on any atom is -0.491 e. The molecule has 1 aliphatic rings. The molecular formula is C23H28FNO4. The van der Waals surface area contributed by atoms with Crippen LogP contribution in [0.1, 0.15) is 35.7 Å². The molecule has 2 unspecified atom stereocenters. The van der Waals surface area contributed by atoms with E-state index >= 15 is 0 Å². The maximum Gasteiger partial charge on any atom is 0.159 e. The van der Waals surface area contributed by atoms with Crippen molar-refractivity contribution in [1.29, 1.82) is 0 Å². The van der Waals surface area contributed by atoms with E-state index in [1.807, 2.05) is 11.0 Å². The van der Waals surface area contributed by atoms with Crippen LogP contribution in [0, 0.1) is 5.82 Å². The SMILES string of the molecule is CC(=O)c1ccc(OCC(O)CN(Cc2ccccc2F)CC2CCCO2)cc1. The van der Waals surface area contributed by atoms with Crippen molar-refractivity contribution in [2.24, 2.45) is 0 Å². The van der Waals surface area contributed by atoms with E-state index in [1.165, 1.54) is 13.0 Å². The Hall–Kier alpha value is -2.28. The van der Waals surface area contributed by atoms with Crippen molar-refractivity contribution in [1.82, 2.24) is 4.90 Å². The van der Waals surface area contributed by atoms with Crippen molar-refractivity contribution in [3.63, 3.8) is 0 Å². The maximum absolute atomic E-state index is 14.1. The molecule has 2 aromatic rings. The lowest BCUT2D eigenvalue weighted by molar-refractivity contribution is 0.0310. The van der Waals surface area contributed by atoms with Gasteiger partial charge in [-0.1, -0.05) is 18.2 Å². The quantitative estimate of drug-likeness (QED) is 0.618. The molecule has 0 bridgehead atoms. The second-order valence-corrected chi connectivity index (χ2v) is 7.47. The third-order valence-electron chi connectivity index (χ3n) is 5.01. The Kier molecular flexibility index (Phi) is 7.75. The summed E-state index contributed by atoms with van der Waals surface area (Å²) in [6, 6.07) is 13.5. The van der Waals surface area contributed by atoms with Gasteiger partial charge in [0.05, 0.1) is 6.10 Å². The van der Waals surface area contributed by atoms with Crippen molar-refractivity contribution in [2.75, 3.05) is 26.3 Å². The maximum atomic E-state index is 14.1. The van der Waals surface area contributed by atoms with E-state index in [2.05, 4.69) is 0 Å².